The maximum atomic E-state index is 12.2. The molecule has 27 heavy (non-hydrogen) atoms. The van der Waals surface area contributed by atoms with Gasteiger partial charge in [0.2, 0.25) is 5.91 Å². The lowest BCUT2D eigenvalue weighted by atomic mass is 9.97. The fraction of sp³-hybridized carbons (Fsp3) is 0.476. The van der Waals surface area contributed by atoms with Crippen LogP contribution in [0.25, 0.3) is 0 Å². The number of hydrogen-bond donors (Lipinski definition) is 2. The molecule has 0 saturated heterocycles. The molecule has 0 spiro atoms. The summed E-state index contributed by atoms with van der Waals surface area (Å²) in [5.74, 6) is -1.15. The highest BCUT2D eigenvalue weighted by Crippen LogP contribution is 2.38. The molecule has 1 aliphatic carbocycles. The van der Waals surface area contributed by atoms with Gasteiger partial charge >= 0.3 is 11.8 Å². The van der Waals surface area contributed by atoms with Crippen molar-refractivity contribution in [1.82, 2.24) is 5.32 Å². The summed E-state index contributed by atoms with van der Waals surface area (Å²) in [5.41, 5.74) is 4.99. The fourth-order valence-corrected chi connectivity index (χ4v) is 4.29. The van der Waals surface area contributed by atoms with Crippen LogP contribution in [0.1, 0.15) is 49.7 Å². The highest BCUT2D eigenvalue weighted by molar-refractivity contribution is 6.39. The molecule has 2 aliphatic heterocycles. The van der Waals surface area contributed by atoms with E-state index in [0.717, 1.165) is 55.5 Å². The molecule has 3 aliphatic rings. The van der Waals surface area contributed by atoms with Crippen LogP contribution in [-0.2, 0) is 27.2 Å². The Kier molecular flexibility index (Phi) is 4.97. The number of nitrogens with one attached hydrogen (secondary N) is 2. The summed E-state index contributed by atoms with van der Waals surface area (Å²) < 4.78 is 0. The maximum Gasteiger partial charge on any atom is 0.313 e. The van der Waals surface area contributed by atoms with Crippen LogP contribution in [0.2, 0.25) is 0 Å². The monoisotopic (exact) mass is 367 g/mol. The Morgan fingerprint density at radius 3 is 2.70 bits per heavy atom. The van der Waals surface area contributed by atoms with Gasteiger partial charge in [0.1, 0.15) is 0 Å². The van der Waals surface area contributed by atoms with Gasteiger partial charge in [0.25, 0.3) is 0 Å². The molecule has 2 heterocycles. The summed E-state index contributed by atoms with van der Waals surface area (Å²) in [6.45, 7) is 1.25. The van der Waals surface area contributed by atoms with Crippen molar-refractivity contribution in [2.24, 2.45) is 0 Å². The molecule has 1 aromatic rings. The number of benzene rings is 1. The van der Waals surface area contributed by atoms with Crippen LogP contribution in [0.3, 0.4) is 0 Å². The van der Waals surface area contributed by atoms with Crippen molar-refractivity contribution in [2.45, 2.75) is 51.4 Å². The minimum atomic E-state index is -0.656. The summed E-state index contributed by atoms with van der Waals surface area (Å²) in [6.07, 6.45) is 9.89. The molecule has 0 aromatic heterocycles. The SMILES string of the molecule is O=C(NCCC1=CCCCC1)C(=O)Nc1cc2c3c(c1)CC(=O)N3CCC2. The minimum Gasteiger partial charge on any atom is -0.348 e. The van der Waals surface area contributed by atoms with Crippen molar-refractivity contribution in [3.05, 3.63) is 34.9 Å². The molecule has 0 radical (unpaired) electrons. The number of carbonyl (C=O) groups is 3. The lowest BCUT2D eigenvalue weighted by Gasteiger charge is -2.26. The normalized spacial score (nSPS) is 18.0. The van der Waals surface area contributed by atoms with Gasteiger partial charge in [0, 0.05) is 18.8 Å². The van der Waals surface area contributed by atoms with Crippen LogP contribution in [0, 0.1) is 0 Å². The van der Waals surface area contributed by atoms with Crippen LogP contribution in [0.5, 0.6) is 0 Å². The van der Waals surface area contributed by atoms with Crippen molar-refractivity contribution in [1.29, 1.82) is 0 Å². The number of aryl methyl sites for hydroxylation is 1. The molecule has 0 fully saturated rings. The summed E-state index contributed by atoms with van der Waals surface area (Å²) in [4.78, 5) is 38.3. The second-order valence-electron chi connectivity index (χ2n) is 7.54. The summed E-state index contributed by atoms with van der Waals surface area (Å²) in [5, 5.41) is 5.39. The van der Waals surface area contributed by atoms with E-state index in [9.17, 15) is 14.4 Å². The van der Waals surface area contributed by atoms with Crippen LogP contribution >= 0.6 is 0 Å². The Bertz CT molecular complexity index is 828. The zero-order valence-electron chi connectivity index (χ0n) is 15.5. The van der Waals surface area contributed by atoms with E-state index < -0.39 is 11.8 Å². The molecule has 6 nitrogen and oxygen atoms in total. The van der Waals surface area contributed by atoms with Gasteiger partial charge in [-0.05, 0) is 68.2 Å². The van der Waals surface area contributed by atoms with E-state index in [0.29, 0.717) is 18.7 Å². The van der Waals surface area contributed by atoms with E-state index in [1.165, 1.54) is 18.4 Å². The third kappa shape index (κ3) is 3.75. The highest BCUT2D eigenvalue weighted by Gasteiger charge is 2.32. The van der Waals surface area contributed by atoms with Crippen molar-refractivity contribution in [3.8, 4) is 0 Å². The number of amides is 3. The van der Waals surface area contributed by atoms with Crippen LogP contribution in [0.4, 0.5) is 11.4 Å². The molecule has 2 N–H and O–H groups in total. The average molecular weight is 367 g/mol. The number of nitrogens with zero attached hydrogens (tertiary/aromatic N) is 1. The highest BCUT2D eigenvalue weighted by atomic mass is 16.2. The molecule has 0 bridgehead atoms. The zero-order chi connectivity index (χ0) is 18.8. The quantitative estimate of drug-likeness (QED) is 0.634. The van der Waals surface area contributed by atoms with E-state index >= 15 is 0 Å². The van der Waals surface area contributed by atoms with E-state index in [4.69, 9.17) is 0 Å². The van der Waals surface area contributed by atoms with Gasteiger partial charge in [-0.25, -0.2) is 0 Å². The first-order valence-electron chi connectivity index (χ1n) is 9.85. The molecular weight excluding hydrogens is 342 g/mol. The smallest absolute Gasteiger partial charge is 0.313 e. The second kappa shape index (κ2) is 7.55. The first-order chi connectivity index (χ1) is 13.1. The Morgan fingerprint density at radius 2 is 1.89 bits per heavy atom. The van der Waals surface area contributed by atoms with E-state index in [1.807, 2.05) is 17.0 Å². The summed E-state index contributed by atoms with van der Waals surface area (Å²) in [6, 6.07) is 3.71. The van der Waals surface area contributed by atoms with Crippen molar-refractivity contribution < 1.29 is 14.4 Å². The topological polar surface area (TPSA) is 78.5 Å². The molecule has 1 aromatic carbocycles. The average Bonchev–Trinajstić information content (AvgIpc) is 2.99. The van der Waals surface area contributed by atoms with Gasteiger partial charge in [-0.1, -0.05) is 11.6 Å². The van der Waals surface area contributed by atoms with Crippen LogP contribution in [0.15, 0.2) is 23.8 Å². The van der Waals surface area contributed by atoms with Crippen molar-refractivity contribution in [2.75, 3.05) is 23.3 Å². The van der Waals surface area contributed by atoms with Crippen molar-refractivity contribution >= 4 is 29.1 Å². The lowest BCUT2D eigenvalue weighted by molar-refractivity contribution is -0.136. The van der Waals surface area contributed by atoms with E-state index in [1.54, 1.807) is 0 Å². The van der Waals surface area contributed by atoms with E-state index in [-0.39, 0.29) is 5.91 Å². The number of rotatable bonds is 4. The standard InChI is InChI=1S/C21H25N3O3/c25-18-13-16-12-17(11-15-7-4-10-24(18)19(15)16)23-21(27)20(26)22-9-8-14-5-2-1-3-6-14/h5,11-12H,1-4,6-10,13H2,(H,22,26)(H,23,27). The molecule has 4 rings (SSSR count). The first-order valence-corrected chi connectivity index (χ1v) is 9.85. The second-order valence-corrected chi connectivity index (χ2v) is 7.54. The molecule has 0 unspecified atom stereocenters. The largest absolute Gasteiger partial charge is 0.348 e. The molecule has 3 amide bonds. The van der Waals surface area contributed by atoms with Gasteiger partial charge in [0.05, 0.1) is 12.1 Å². The van der Waals surface area contributed by atoms with Gasteiger partial charge < -0.3 is 15.5 Å². The summed E-state index contributed by atoms with van der Waals surface area (Å²) in [7, 11) is 0. The van der Waals surface area contributed by atoms with Crippen molar-refractivity contribution in [3.63, 3.8) is 0 Å². The predicted octanol–water partition coefficient (Wildman–Crippen LogP) is 2.47. The predicted molar refractivity (Wildman–Crippen MR) is 104 cm³/mol. The maximum absolute atomic E-state index is 12.2. The zero-order valence-corrected chi connectivity index (χ0v) is 15.5. The van der Waals surface area contributed by atoms with Gasteiger partial charge in [-0.3, -0.25) is 14.4 Å². The Morgan fingerprint density at radius 1 is 1.04 bits per heavy atom. The molecule has 6 heteroatoms. The number of allylic oxidation sites excluding steroid dienone is 1. The first kappa shape index (κ1) is 17.8. The van der Waals surface area contributed by atoms with Gasteiger partial charge in [-0.15, -0.1) is 0 Å². The number of anilines is 2. The van der Waals surface area contributed by atoms with Gasteiger partial charge in [-0.2, -0.15) is 0 Å². The molecular formula is C21H25N3O3. The Hall–Kier alpha value is -2.63. The Balaban J connectivity index is 1.36. The third-order valence-electron chi connectivity index (χ3n) is 5.59. The number of hydrogen-bond acceptors (Lipinski definition) is 3. The Labute approximate surface area is 159 Å². The minimum absolute atomic E-state index is 0.115. The van der Waals surface area contributed by atoms with Crippen LogP contribution in [-0.4, -0.2) is 30.8 Å². The third-order valence-corrected chi connectivity index (χ3v) is 5.59. The van der Waals surface area contributed by atoms with E-state index in [2.05, 4.69) is 16.7 Å². The van der Waals surface area contributed by atoms with Crippen LogP contribution < -0.4 is 15.5 Å². The van der Waals surface area contributed by atoms with Gasteiger partial charge in [0.15, 0.2) is 0 Å². The number of carbonyl (C=O) groups excluding carboxylic acids is 3. The molecule has 0 atom stereocenters. The fourth-order valence-electron chi connectivity index (χ4n) is 4.29. The lowest BCUT2D eigenvalue weighted by Crippen LogP contribution is -2.36. The molecule has 0 saturated carbocycles. The summed E-state index contributed by atoms with van der Waals surface area (Å²) >= 11 is 0. The molecule has 142 valence electrons.